The molecule has 32 heavy (non-hydrogen) atoms. The monoisotopic (exact) mass is 456 g/mol. The van der Waals surface area contributed by atoms with E-state index in [0.717, 1.165) is 11.8 Å². The van der Waals surface area contributed by atoms with Crippen LogP contribution < -0.4 is 15.4 Å². The van der Waals surface area contributed by atoms with Crippen LogP contribution in [0, 0.1) is 10.1 Å². The molecule has 0 saturated carbocycles. The number of non-ortho nitro benzene ring substituents is 1. The highest BCUT2D eigenvalue weighted by molar-refractivity contribution is 8.00. The minimum absolute atomic E-state index is 0.166. The van der Waals surface area contributed by atoms with E-state index in [4.69, 9.17) is 4.74 Å². The predicted molar refractivity (Wildman–Crippen MR) is 119 cm³/mol. The van der Waals surface area contributed by atoms with Gasteiger partial charge in [-0.2, -0.15) is 0 Å². The summed E-state index contributed by atoms with van der Waals surface area (Å²) < 4.78 is 6.87. The van der Waals surface area contributed by atoms with E-state index in [1.54, 1.807) is 29.7 Å². The molecule has 166 valence electrons. The fourth-order valence-corrected chi connectivity index (χ4v) is 3.61. The molecule has 0 fully saturated rings. The highest BCUT2D eigenvalue weighted by atomic mass is 32.2. The van der Waals surface area contributed by atoms with Crippen LogP contribution in [-0.2, 0) is 9.59 Å². The lowest BCUT2D eigenvalue weighted by Gasteiger charge is -2.14. The number of ether oxygens (including phenoxy) is 1. The minimum Gasteiger partial charge on any atom is -0.495 e. The van der Waals surface area contributed by atoms with E-state index in [2.05, 4.69) is 20.8 Å². The second kappa shape index (κ2) is 9.92. The van der Waals surface area contributed by atoms with Crippen LogP contribution in [0.25, 0.3) is 5.69 Å². The fourth-order valence-electron chi connectivity index (χ4n) is 2.77. The first-order valence-electron chi connectivity index (χ1n) is 9.36. The van der Waals surface area contributed by atoms with Crippen molar-refractivity contribution in [2.24, 2.45) is 0 Å². The van der Waals surface area contributed by atoms with Gasteiger partial charge in [0.15, 0.2) is 5.16 Å². The highest BCUT2D eigenvalue weighted by Crippen LogP contribution is 2.31. The Labute approximate surface area is 187 Å². The Balaban J connectivity index is 1.77. The zero-order valence-corrected chi connectivity index (χ0v) is 18.3. The van der Waals surface area contributed by atoms with Gasteiger partial charge in [-0.3, -0.25) is 24.3 Å². The molecule has 0 aliphatic rings. The van der Waals surface area contributed by atoms with E-state index >= 15 is 0 Å². The van der Waals surface area contributed by atoms with Gasteiger partial charge in [0.1, 0.15) is 12.1 Å². The molecule has 0 bridgehead atoms. The molecule has 3 rings (SSSR count). The third-order valence-corrected chi connectivity index (χ3v) is 5.32. The van der Waals surface area contributed by atoms with Crippen LogP contribution in [0.4, 0.5) is 17.1 Å². The van der Waals surface area contributed by atoms with Crippen molar-refractivity contribution in [3.05, 3.63) is 58.9 Å². The number of benzene rings is 2. The molecule has 11 nitrogen and oxygen atoms in total. The van der Waals surface area contributed by atoms with E-state index in [9.17, 15) is 19.7 Å². The van der Waals surface area contributed by atoms with Crippen LogP contribution in [0.3, 0.4) is 0 Å². The van der Waals surface area contributed by atoms with Gasteiger partial charge in [0.05, 0.1) is 28.7 Å². The van der Waals surface area contributed by atoms with Crippen molar-refractivity contribution in [2.75, 3.05) is 17.7 Å². The number of methoxy groups -OCH3 is 1. The third-order valence-electron chi connectivity index (χ3n) is 4.26. The molecule has 3 aromatic rings. The molecule has 12 heteroatoms. The minimum atomic E-state index is -0.611. The van der Waals surface area contributed by atoms with Crippen LogP contribution in [-0.4, -0.2) is 43.9 Å². The second-order valence-corrected chi connectivity index (χ2v) is 7.91. The number of nitrogens with one attached hydrogen (secondary N) is 2. The maximum Gasteiger partial charge on any atom is 0.271 e. The number of carbonyl (C=O) groups is 2. The molecular weight excluding hydrogens is 436 g/mol. The third kappa shape index (κ3) is 5.40. The first-order chi connectivity index (χ1) is 15.3. The van der Waals surface area contributed by atoms with Gasteiger partial charge in [0, 0.05) is 24.7 Å². The fraction of sp³-hybridized carbons (Fsp3) is 0.200. The first kappa shape index (κ1) is 22.7. The zero-order chi connectivity index (χ0) is 23.3. The van der Waals surface area contributed by atoms with Crippen LogP contribution in [0.1, 0.15) is 13.8 Å². The molecule has 0 spiro atoms. The number of hydrogen-bond acceptors (Lipinski definition) is 8. The number of nitro groups is 1. The van der Waals surface area contributed by atoms with E-state index in [-0.39, 0.29) is 17.3 Å². The number of anilines is 2. The quantitative estimate of drug-likeness (QED) is 0.299. The predicted octanol–water partition coefficient (Wildman–Crippen LogP) is 3.26. The molecule has 0 aliphatic heterocycles. The topological polar surface area (TPSA) is 141 Å². The van der Waals surface area contributed by atoms with Gasteiger partial charge in [-0.1, -0.05) is 17.8 Å². The number of amides is 2. The summed E-state index contributed by atoms with van der Waals surface area (Å²) in [6, 6.07) is 11.1. The molecule has 0 radical (unpaired) electrons. The standard InChI is InChI=1S/C20H20N6O5S/c1-12(19(28)23-17-10-16(26(29)30)7-8-18(17)31-3)32-20-24-21-11-25(20)15-6-4-5-14(9-15)22-13(2)27/h4-12H,1-3H3,(H,22,27)(H,23,28). The van der Waals surface area contributed by atoms with E-state index in [1.165, 1.54) is 38.6 Å². The molecule has 1 unspecified atom stereocenters. The van der Waals surface area contributed by atoms with Gasteiger partial charge in [0.25, 0.3) is 5.69 Å². The van der Waals surface area contributed by atoms with Crippen molar-refractivity contribution in [1.29, 1.82) is 0 Å². The second-order valence-electron chi connectivity index (χ2n) is 6.61. The van der Waals surface area contributed by atoms with E-state index in [0.29, 0.717) is 22.3 Å². The lowest BCUT2D eigenvalue weighted by molar-refractivity contribution is -0.384. The van der Waals surface area contributed by atoms with Gasteiger partial charge < -0.3 is 15.4 Å². The normalized spacial score (nSPS) is 11.5. The summed E-state index contributed by atoms with van der Waals surface area (Å²) in [7, 11) is 1.41. The molecule has 1 heterocycles. The highest BCUT2D eigenvalue weighted by Gasteiger charge is 2.21. The molecular formula is C20H20N6O5S. The van der Waals surface area contributed by atoms with Crippen LogP contribution in [0.5, 0.6) is 5.75 Å². The van der Waals surface area contributed by atoms with Crippen LogP contribution in [0.15, 0.2) is 53.9 Å². The summed E-state index contributed by atoms with van der Waals surface area (Å²) in [5, 5.41) is 24.3. The Morgan fingerprint density at radius 3 is 2.69 bits per heavy atom. The SMILES string of the molecule is COc1ccc([N+](=O)[O-])cc1NC(=O)C(C)Sc1nncn1-c1cccc(NC(C)=O)c1. The summed E-state index contributed by atoms with van der Waals surface area (Å²) in [5.41, 5.74) is 1.35. The maximum atomic E-state index is 12.7. The Kier molecular flexibility index (Phi) is 7.05. The Morgan fingerprint density at radius 2 is 2.00 bits per heavy atom. The van der Waals surface area contributed by atoms with Crippen molar-refractivity contribution >= 4 is 40.6 Å². The molecule has 0 aliphatic carbocycles. The van der Waals surface area contributed by atoms with Crippen LogP contribution >= 0.6 is 11.8 Å². The molecule has 1 aromatic heterocycles. The van der Waals surface area contributed by atoms with E-state index < -0.39 is 16.1 Å². The van der Waals surface area contributed by atoms with Crippen molar-refractivity contribution < 1.29 is 19.2 Å². The van der Waals surface area contributed by atoms with Crippen LogP contribution in [0.2, 0.25) is 0 Å². The number of aromatic nitrogens is 3. The van der Waals surface area contributed by atoms with E-state index in [1.807, 2.05) is 6.07 Å². The number of rotatable bonds is 8. The number of nitrogens with zero attached hydrogens (tertiary/aromatic N) is 4. The zero-order valence-electron chi connectivity index (χ0n) is 17.4. The molecule has 2 aromatic carbocycles. The molecule has 2 amide bonds. The number of hydrogen-bond donors (Lipinski definition) is 2. The van der Waals surface area contributed by atoms with Crippen molar-refractivity contribution in [2.45, 2.75) is 24.3 Å². The smallest absolute Gasteiger partial charge is 0.271 e. The summed E-state index contributed by atoms with van der Waals surface area (Å²) in [4.78, 5) is 34.6. The largest absolute Gasteiger partial charge is 0.495 e. The molecule has 2 N–H and O–H groups in total. The first-order valence-corrected chi connectivity index (χ1v) is 10.2. The Morgan fingerprint density at radius 1 is 1.22 bits per heavy atom. The Hall–Kier alpha value is -3.93. The number of nitro benzene ring substituents is 1. The number of thioether (sulfide) groups is 1. The average molecular weight is 456 g/mol. The van der Waals surface area contributed by atoms with Crippen molar-refractivity contribution in [3.63, 3.8) is 0 Å². The van der Waals surface area contributed by atoms with Gasteiger partial charge >= 0.3 is 0 Å². The molecule has 1 atom stereocenters. The molecule has 0 saturated heterocycles. The summed E-state index contributed by atoms with van der Waals surface area (Å²) in [5.74, 6) is -0.281. The summed E-state index contributed by atoms with van der Waals surface area (Å²) >= 11 is 1.16. The number of carbonyl (C=O) groups excluding carboxylic acids is 2. The lowest BCUT2D eigenvalue weighted by atomic mass is 10.2. The van der Waals surface area contributed by atoms with Gasteiger partial charge in [-0.15, -0.1) is 10.2 Å². The average Bonchev–Trinajstić information content (AvgIpc) is 3.21. The van der Waals surface area contributed by atoms with Crippen molar-refractivity contribution in [3.8, 4) is 11.4 Å². The summed E-state index contributed by atoms with van der Waals surface area (Å²) in [6.07, 6.45) is 1.50. The van der Waals surface area contributed by atoms with Gasteiger partial charge in [-0.25, -0.2) is 0 Å². The van der Waals surface area contributed by atoms with Gasteiger partial charge in [0.2, 0.25) is 11.8 Å². The summed E-state index contributed by atoms with van der Waals surface area (Å²) in [6.45, 7) is 3.10. The Bertz CT molecular complexity index is 1160. The maximum absolute atomic E-state index is 12.7. The lowest BCUT2D eigenvalue weighted by Crippen LogP contribution is -2.23. The van der Waals surface area contributed by atoms with Gasteiger partial charge in [-0.05, 0) is 31.2 Å². The van der Waals surface area contributed by atoms with Crippen molar-refractivity contribution in [1.82, 2.24) is 14.8 Å².